The summed E-state index contributed by atoms with van der Waals surface area (Å²) in [6.07, 6.45) is 4.99. The molecule has 5 nitrogen and oxygen atoms in total. The number of ether oxygens (including phenoxy) is 1. The SMILES string of the molecule is Cc1ccc(S(=O)(=O)N(C)CC(=O)OC2CCCCC2)cc1C. The molecule has 0 bridgehead atoms. The topological polar surface area (TPSA) is 63.7 Å². The molecular formula is C17H25NO4S. The molecule has 1 fully saturated rings. The largest absolute Gasteiger partial charge is 0.461 e. The molecular weight excluding hydrogens is 314 g/mol. The maximum absolute atomic E-state index is 12.5. The lowest BCUT2D eigenvalue weighted by atomic mass is 9.98. The Labute approximate surface area is 138 Å². The van der Waals surface area contributed by atoms with Gasteiger partial charge in [0.2, 0.25) is 10.0 Å². The van der Waals surface area contributed by atoms with Gasteiger partial charge in [-0.15, -0.1) is 0 Å². The lowest BCUT2D eigenvalue weighted by molar-refractivity contribution is -0.150. The second-order valence-corrected chi connectivity index (χ2v) is 8.30. The summed E-state index contributed by atoms with van der Waals surface area (Å²) in [5.41, 5.74) is 1.94. The predicted molar refractivity (Wildman–Crippen MR) is 88.7 cm³/mol. The number of rotatable bonds is 5. The smallest absolute Gasteiger partial charge is 0.321 e. The van der Waals surface area contributed by atoms with Crippen molar-refractivity contribution < 1.29 is 17.9 Å². The molecule has 1 saturated carbocycles. The zero-order chi connectivity index (χ0) is 17.0. The standard InChI is InChI=1S/C17H25NO4S/c1-13-9-10-16(11-14(13)2)23(20,21)18(3)12-17(19)22-15-7-5-4-6-8-15/h9-11,15H,4-8,12H2,1-3H3. The summed E-state index contributed by atoms with van der Waals surface area (Å²) < 4.78 is 31.5. The van der Waals surface area contributed by atoms with Gasteiger partial charge in [0.1, 0.15) is 12.6 Å². The molecule has 2 rings (SSSR count). The average molecular weight is 339 g/mol. The van der Waals surface area contributed by atoms with Gasteiger partial charge in [-0.2, -0.15) is 4.31 Å². The van der Waals surface area contributed by atoms with E-state index >= 15 is 0 Å². The van der Waals surface area contributed by atoms with Crippen LogP contribution in [0.15, 0.2) is 23.1 Å². The third-order valence-electron chi connectivity index (χ3n) is 4.39. The highest BCUT2D eigenvalue weighted by Gasteiger charge is 2.25. The number of sulfonamides is 1. The van der Waals surface area contributed by atoms with E-state index in [4.69, 9.17) is 4.74 Å². The van der Waals surface area contributed by atoms with Crippen LogP contribution in [0.25, 0.3) is 0 Å². The monoisotopic (exact) mass is 339 g/mol. The van der Waals surface area contributed by atoms with Gasteiger partial charge in [-0.05, 0) is 62.8 Å². The molecule has 0 aromatic heterocycles. The molecule has 0 amide bonds. The van der Waals surface area contributed by atoms with Crippen molar-refractivity contribution >= 4 is 16.0 Å². The Morgan fingerprint density at radius 3 is 2.43 bits per heavy atom. The second-order valence-electron chi connectivity index (χ2n) is 6.26. The van der Waals surface area contributed by atoms with E-state index in [2.05, 4.69) is 0 Å². The fourth-order valence-electron chi connectivity index (χ4n) is 2.73. The molecule has 1 aliphatic carbocycles. The molecule has 0 radical (unpaired) electrons. The van der Waals surface area contributed by atoms with Gasteiger partial charge in [0, 0.05) is 7.05 Å². The number of carbonyl (C=O) groups is 1. The van der Waals surface area contributed by atoms with E-state index in [1.165, 1.54) is 13.5 Å². The van der Waals surface area contributed by atoms with Crippen molar-refractivity contribution in [1.82, 2.24) is 4.31 Å². The molecule has 128 valence electrons. The molecule has 1 aromatic carbocycles. The predicted octanol–water partition coefficient (Wildman–Crippen LogP) is 2.80. The molecule has 1 aliphatic rings. The minimum atomic E-state index is -3.68. The molecule has 0 unspecified atom stereocenters. The van der Waals surface area contributed by atoms with E-state index in [1.54, 1.807) is 18.2 Å². The Morgan fingerprint density at radius 2 is 1.83 bits per heavy atom. The summed E-state index contributed by atoms with van der Waals surface area (Å²) in [5, 5.41) is 0. The number of likely N-dealkylation sites (N-methyl/N-ethyl adjacent to an activating group) is 1. The van der Waals surface area contributed by atoms with Gasteiger partial charge in [-0.3, -0.25) is 4.79 Å². The van der Waals surface area contributed by atoms with Crippen LogP contribution in [0.3, 0.4) is 0 Å². The van der Waals surface area contributed by atoms with Crippen molar-refractivity contribution in [2.45, 2.75) is 57.0 Å². The Balaban J connectivity index is 2.01. The van der Waals surface area contributed by atoms with Gasteiger partial charge in [-0.25, -0.2) is 8.42 Å². The molecule has 6 heteroatoms. The first-order valence-corrected chi connectivity index (χ1v) is 9.48. The van der Waals surface area contributed by atoms with Crippen molar-refractivity contribution in [1.29, 1.82) is 0 Å². The van der Waals surface area contributed by atoms with Gasteiger partial charge >= 0.3 is 5.97 Å². The fourth-order valence-corrected chi connectivity index (χ4v) is 3.93. The zero-order valence-corrected chi connectivity index (χ0v) is 14.9. The van der Waals surface area contributed by atoms with Crippen molar-refractivity contribution in [3.8, 4) is 0 Å². The lowest BCUT2D eigenvalue weighted by Crippen LogP contribution is -2.35. The summed E-state index contributed by atoms with van der Waals surface area (Å²) in [7, 11) is -2.27. The van der Waals surface area contributed by atoms with Crippen LogP contribution in [0.4, 0.5) is 0 Å². The van der Waals surface area contributed by atoms with Crippen molar-refractivity contribution in [2.24, 2.45) is 0 Å². The fraction of sp³-hybridized carbons (Fsp3) is 0.588. The van der Waals surface area contributed by atoms with Crippen molar-refractivity contribution in [3.63, 3.8) is 0 Å². The molecule has 0 heterocycles. The van der Waals surface area contributed by atoms with Crippen molar-refractivity contribution in [3.05, 3.63) is 29.3 Å². The molecule has 23 heavy (non-hydrogen) atoms. The van der Waals surface area contributed by atoms with E-state index in [-0.39, 0.29) is 17.5 Å². The number of aryl methyl sites for hydroxylation is 2. The van der Waals surface area contributed by atoms with Gasteiger partial charge in [0.15, 0.2) is 0 Å². The summed E-state index contributed by atoms with van der Waals surface area (Å²) in [5.74, 6) is -0.480. The van der Waals surface area contributed by atoms with Gasteiger partial charge < -0.3 is 4.74 Å². The van der Waals surface area contributed by atoms with E-state index < -0.39 is 16.0 Å². The van der Waals surface area contributed by atoms with Crippen LogP contribution in [0.5, 0.6) is 0 Å². The number of hydrogen-bond acceptors (Lipinski definition) is 4. The average Bonchev–Trinajstić information content (AvgIpc) is 2.50. The highest BCUT2D eigenvalue weighted by atomic mass is 32.2. The first-order valence-electron chi connectivity index (χ1n) is 8.04. The summed E-state index contributed by atoms with van der Waals surface area (Å²) in [6, 6.07) is 4.98. The minimum Gasteiger partial charge on any atom is -0.461 e. The molecule has 1 aromatic rings. The molecule has 0 saturated heterocycles. The maximum Gasteiger partial charge on any atom is 0.321 e. The van der Waals surface area contributed by atoms with Crippen LogP contribution in [0.2, 0.25) is 0 Å². The quantitative estimate of drug-likeness (QED) is 0.774. The van der Waals surface area contributed by atoms with E-state index in [0.717, 1.165) is 41.1 Å². The normalized spacial score (nSPS) is 16.5. The summed E-state index contributed by atoms with van der Waals surface area (Å²) >= 11 is 0. The first-order chi connectivity index (χ1) is 10.8. The third kappa shape index (κ3) is 4.54. The highest BCUT2D eigenvalue weighted by Crippen LogP contribution is 2.21. The number of benzene rings is 1. The number of carbonyl (C=O) groups excluding carboxylic acids is 1. The van der Waals surface area contributed by atoms with Gasteiger partial charge in [0.05, 0.1) is 4.90 Å². The van der Waals surface area contributed by atoms with Crippen LogP contribution < -0.4 is 0 Å². The second kappa shape index (κ2) is 7.45. The Bertz CT molecular complexity index is 663. The first kappa shape index (κ1) is 17.9. The molecule has 0 N–H and O–H groups in total. The van der Waals surface area contributed by atoms with Crippen LogP contribution in [-0.2, 0) is 19.6 Å². The van der Waals surface area contributed by atoms with Crippen LogP contribution >= 0.6 is 0 Å². The van der Waals surface area contributed by atoms with Gasteiger partial charge in [0.25, 0.3) is 0 Å². The van der Waals surface area contributed by atoms with Gasteiger partial charge in [-0.1, -0.05) is 12.5 Å². The van der Waals surface area contributed by atoms with E-state index in [1.807, 2.05) is 13.8 Å². The molecule has 0 atom stereocenters. The number of nitrogens with zero attached hydrogens (tertiary/aromatic N) is 1. The number of esters is 1. The van der Waals surface area contributed by atoms with E-state index in [9.17, 15) is 13.2 Å². The minimum absolute atomic E-state index is 0.0611. The van der Waals surface area contributed by atoms with Crippen LogP contribution in [-0.4, -0.2) is 38.4 Å². The Kier molecular flexibility index (Phi) is 5.81. The number of hydrogen-bond donors (Lipinski definition) is 0. The Hall–Kier alpha value is -1.40. The maximum atomic E-state index is 12.5. The third-order valence-corrected chi connectivity index (χ3v) is 6.19. The summed E-state index contributed by atoms with van der Waals surface area (Å²) in [6.45, 7) is 3.54. The Morgan fingerprint density at radius 1 is 1.17 bits per heavy atom. The van der Waals surface area contributed by atoms with Crippen molar-refractivity contribution in [2.75, 3.05) is 13.6 Å². The summed E-state index contributed by atoms with van der Waals surface area (Å²) in [4.78, 5) is 12.2. The lowest BCUT2D eigenvalue weighted by Gasteiger charge is -2.23. The highest BCUT2D eigenvalue weighted by molar-refractivity contribution is 7.89. The van der Waals surface area contributed by atoms with Crippen LogP contribution in [0.1, 0.15) is 43.2 Å². The zero-order valence-electron chi connectivity index (χ0n) is 14.0. The molecule has 0 aliphatic heterocycles. The molecule has 0 spiro atoms. The van der Waals surface area contributed by atoms with Crippen LogP contribution in [0, 0.1) is 13.8 Å². The van der Waals surface area contributed by atoms with E-state index in [0.29, 0.717) is 0 Å².